The average molecular weight is 588 g/mol. The summed E-state index contributed by atoms with van der Waals surface area (Å²) in [5, 5.41) is 18.0. The number of amides is 1. The highest BCUT2D eigenvalue weighted by Gasteiger charge is 2.46. The van der Waals surface area contributed by atoms with Crippen LogP contribution in [0.15, 0.2) is 37.2 Å². The van der Waals surface area contributed by atoms with Gasteiger partial charge in [0.1, 0.15) is 35.8 Å². The molecular weight excluding hydrogens is 550 g/mol. The fourth-order valence-corrected chi connectivity index (χ4v) is 5.68. The zero-order chi connectivity index (χ0) is 30.1. The number of hydrogen-bond acceptors (Lipinski definition) is 10. The molecule has 1 aliphatic rings. The van der Waals surface area contributed by atoms with Crippen molar-refractivity contribution >= 4 is 36.7 Å². The van der Waals surface area contributed by atoms with E-state index in [0.717, 1.165) is 17.1 Å². The first kappa shape index (κ1) is 29.1. The predicted molar refractivity (Wildman–Crippen MR) is 162 cm³/mol. The Morgan fingerprint density at radius 2 is 2.00 bits per heavy atom. The summed E-state index contributed by atoms with van der Waals surface area (Å²) in [6.07, 6.45) is 8.59. The molecule has 5 heterocycles. The van der Waals surface area contributed by atoms with Crippen LogP contribution in [-0.4, -0.2) is 74.0 Å². The number of aromatic nitrogens is 7. The molecule has 0 bridgehead atoms. The van der Waals surface area contributed by atoms with Crippen LogP contribution >= 0.6 is 0 Å². The van der Waals surface area contributed by atoms with Gasteiger partial charge in [0.25, 0.3) is 5.91 Å². The van der Waals surface area contributed by atoms with E-state index in [9.17, 15) is 10.1 Å². The third-order valence-electron chi connectivity index (χ3n) is 7.26. The molecule has 14 heteroatoms. The van der Waals surface area contributed by atoms with Crippen molar-refractivity contribution in [3.8, 4) is 17.3 Å². The Kier molecular flexibility index (Phi) is 7.98. The Morgan fingerprint density at radius 3 is 2.67 bits per heavy atom. The van der Waals surface area contributed by atoms with Gasteiger partial charge >= 0.3 is 0 Å². The van der Waals surface area contributed by atoms with E-state index in [1.165, 1.54) is 12.5 Å². The number of fused-ring (bicyclic) bond motifs is 1. The molecule has 0 aliphatic carbocycles. The first-order valence-corrected chi connectivity index (χ1v) is 17.7. The quantitative estimate of drug-likeness (QED) is 0.196. The average Bonchev–Trinajstić information content (AvgIpc) is 3.51. The lowest BCUT2D eigenvalue weighted by atomic mass is 9.87. The lowest BCUT2D eigenvalue weighted by Crippen LogP contribution is -2.63. The number of nitriles is 1. The summed E-state index contributed by atoms with van der Waals surface area (Å²) in [6, 6.07) is 5.36. The number of nitrogens with zero attached hydrogens (tertiary/aromatic N) is 9. The first-order valence-electron chi connectivity index (χ1n) is 14.0. The molecule has 1 aliphatic heterocycles. The molecule has 0 saturated carbocycles. The highest BCUT2D eigenvalue weighted by molar-refractivity contribution is 6.76. The molecule has 13 nitrogen and oxygen atoms in total. The maximum atomic E-state index is 12.2. The summed E-state index contributed by atoms with van der Waals surface area (Å²) < 4.78 is 9.68. The molecule has 4 aromatic rings. The summed E-state index contributed by atoms with van der Waals surface area (Å²) in [6.45, 7) is 12.8. The Morgan fingerprint density at radius 1 is 1.21 bits per heavy atom. The van der Waals surface area contributed by atoms with Crippen LogP contribution in [0.5, 0.6) is 0 Å². The Bertz CT molecular complexity index is 1610. The molecule has 0 radical (unpaired) electrons. The van der Waals surface area contributed by atoms with Crippen molar-refractivity contribution in [3.05, 3.63) is 42.9 Å². The minimum absolute atomic E-state index is 0.00404. The molecule has 4 aromatic heterocycles. The molecule has 5 rings (SSSR count). The maximum Gasteiger partial charge on any atom is 0.271 e. The Hall–Kier alpha value is -4.35. The van der Waals surface area contributed by atoms with Gasteiger partial charge in [0.2, 0.25) is 0 Å². The van der Waals surface area contributed by atoms with E-state index < -0.39 is 13.6 Å². The van der Waals surface area contributed by atoms with E-state index in [0.29, 0.717) is 49.3 Å². The lowest BCUT2D eigenvalue weighted by molar-refractivity contribution is 0.0898. The number of nitrogens with two attached hydrogens (primary N) is 1. The molecule has 42 heavy (non-hydrogen) atoms. The van der Waals surface area contributed by atoms with Crippen molar-refractivity contribution < 1.29 is 9.53 Å². The van der Waals surface area contributed by atoms with Crippen LogP contribution in [0.25, 0.3) is 22.3 Å². The van der Waals surface area contributed by atoms with Crippen molar-refractivity contribution in [3.63, 3.8) is 0 Å². The van der Waals surface area contributed by atoms with Gasteiger partial charge < -0.3 is 25.3 Å². The van der Waals surface area contributed by atoms with Crippen molar-refractivity contribution in [2.75, 3.05) is 30.3 Å². The van der Waals surface area contributed by atoms with Crippen LogP contribution in [-0.2, 0) is 17.0 Å². The fourth-order valence-electron chi connectivity index (χ4n) is 4.93. The Labute approximate surface area is 245 Å². The van der Waals surface area contributed by atoms with Crippen molar-refractivity contribution in [2.45, 2.75) is 64.3 Å². The largest absolute Gasteiger partial charge is 0.382 e. The van der Waals surface area contributed by atoms with Crippen LogP contribution < -0.4 is 16.0 Å². The van der Waals surface area contributed by atoms with E-state index in [2.05, 4.69) is 56.1 Å². The fraction of sp³-hybridized carbons (Fsp3) is 0.464. The van der Waals surface area contributed by atoms with Crippen LogP contribution in [0.2, 0.25) is 25.7 Å². The van der Waals surface area contributed by atoms with Crippen molar-refractivity contribution in [1.29, 1.82) is 5.26 Å². The van der Waals surface area contributed by atoms with Gasteiger partial charge in [0.05, 0.1) is 36.1 Å². The summed E-state index contributed by atoms with van der Waals surface area (Å²) in [4.78, 5) is 32.0. The number of rotatable bonds is 11. The topological polar surface area (TPSA) is 166 Å². The van der Waals surface area contributed by atoms with Gasteiger partial charge in [-0.3, -0.25) is 9.48 Å². The number of nitrogen functional groups attached to an aromatic ring is 1. The molecule has 1 amide bonds. The second-order valence-corrected chi connectivity index (χ2v) is 17.9. The molecule has 0 unspecified atom stereocenters. The highest BCUT2D eigenvalue weighted by atomic mass is 28.3. The second-order valence-electron chi connectivity index (χ2n) is 12.3. The molecule has 0 atom stereocenters. The molecular formula is C28H37N11O2Si. The number of carbonyl (C=O) groups is 1. The molecule has 0 spiro atoms. The number of ether oxygens (including phenoxy) is 1. The van der Waals surface area contributed by atoms with Gasteiger partial charge in [-0.1, -0.05) is 19.6 Å². The van der Waals surface area contributed by atoms with Gasteiger partial charge in [-0.2, -0.15) is 10.4 Å². The smallest absolute Gasteiger partial charge is 0.271 e. The number of nitrogens with one attached hydrogen (secondary N) is 1. The summed E-state index contributed by atoms with van der Waals surface area (Å²) in [7, 11) is -1.17. The van der Waals surface area contributed by atoms with E-state index >= 15 is 0 Å². The van der Waals surface area contributed by atoms with Crippen LogP contribution in [0, 0.1) is 11.3 Å². The third kappa shape index (κ3) is 5.97. The molecule has 1 saturated heterocycles. The third-order valence-corrected chi connectivity index (χ3v) is 8.96. The SMILES string of the molecule is CC(C)NC(=O)c1cnc(N2CC(CC#N)(n3cc(-c4ncnc5c4ccn5COCC[Si](C)(C)C)c(N)n3)C2)cn1. The zero-order valence-electron chi connectivity index (χ0n) is 24.7. The number of anilines is 2. The number of carbonyl (C=O) groups excluding carboxylic acids is 1. The zero-order valence-corrected chi connectivity index (χ0v) is 25.7. The minimum Gasteiger partial charge on any atom is -0.382 e. The monoisotopic (exact) mass is 587 g/mol. The van der Waals surface area contributed by atoms with E-state index in [4.69, 9.17) is 10.5 Å². The Balaban J connectivity index is 1.34. The maximum absolute atomic E-state index is 12.2. The van der Waals surface area contributed by atoms with E-state index in [-0.39, 0.29) is 24.1 Å². The first-order chi connectivity index (χ1) is 20.0. The summed E-state index contributed by atoms with van der Waals surface area (Å²) >= 11 is 0. The summed E-state index contributed by atoms with van der Waals surface area (Å²) in [5.74, 6) is 0.677. The highest BCUT2D eigenvalue weighted by Crippen LogP contribution is 2.38. The molecule has 220 valence electrons. The van der Waals surface area contributed by atoms with Gasteiger partial charge in [0, 0.05) is 51.6 Å². The molecule has 3 N–H and O–H groups in total. The van der Waals surface area contributed by atoms with Gasteiger partial charge in [0.15, 0.2) is 5.82 Å². The van der Waals surface area contributed by atoms with Gasteiger partial charge in [-0.25, -0.2) is 19.9 Å². The predicted octanol–water partition coefficient (Wildman–Crippen LogP) is 3.25. The lowest BCUT2D eigenvalue weighted by Gasteiger charge is -2.49. The second kappa shape index (κ2) is 11.5. The van der Waals surface area contributed by atoms with E-state index in [1.54, 1.807) is 10.9 Å². The number of hydrogen-bond donors (Lipinski definition) is 2. The summed E-state index contributed by atoms with van der Waals surface area (Å²) in [5.41, 5.74) is 8.19. The van der Waals surface area contributed by atoms with Gasteiger partial charge in [-0.15, -0.1) is 0 Å². The van der Waals surface area contributed by atoms with Crippen LogP contribution in [0.4, 0.5) is 11.6 Å². The molecule has 0 aromatic carbocycles. The minimum atomic E-state index is -1.17. The normalized spacial score (nSPS) is 14.6. The van der Waals surface area contributed by atoms with Crippen molar-refractivity contribution in [2.24, 2.45) is 0 Å². The molecule has 1 fully saturated rings. The standard InChI is InChI=1S/C28H37N11O2Si/c1-19(2)35-27(40)22-12-32-23(13-31-22)38-15-28(16-38,7-8-29)39-14-21(25(30)36-39)24-20-6-9-37(26(20)34-17-33-24)18-41-10-11-42(3,4)5/h6,9,12-14,17,19H,7,10-11,15-16,18H2,1-5H3,(H2,30,36)(H,35,40). The van der Waals surface area contributed by atoms with Crippen molar-refractivity contribution in [1.82, 2.24) is 39.6 Å². The van der Waals surface area contributed by atoms with Crippen LogP contribution in [0.3, 0.4) is 0 Å². The van der Waals surface area contributed by atoms with E-state index in [1.807, 2.05) is 41.8 Å². The van der Waals surface area contributed by atoms with Crippen LogP contribution in [0.1, 0.15) is 30.8 Å². The van der Waals surface area contributed by atoms with Gasteiger partial charge in [-0.05, 0) is 26.0 Å².